The van der Waals surface area contributed by atoms with E-state index >= 15 is 0 Å². The van der Waals surface area contributed by atoms with Crippen LogP contribution in [0.5, 0.6) is 0 Å². The van der Waals surface area contributed by atoms with Gasteiger partial charge in [0.05, 0.1) is 0 Å². The molecular weight excluding hydrogens is 281 g/mol. The van der Waals surface area contributed by atoms with Gasteiger partial charge in [0.2, 0.25) is 0 Å². The summed E-state index contributed by atoms with van der Waals surface area (Å²) in [5, 5.41) is 12.2. The molecule has 0 fully saturated rings. The molecule has 1 unspecified atom stereocenters. The minimum absolute atomic E-state index is 0.491. The van der Waals surface area contributed by atoms with Crippen molar-refractivity contribution < 1.29 is 9.90 Å². The lowest BCUT2D eigenvalue weighted by Gasteiger charge is -2.10. The minimum Gasteiger partial charge on any atom is -0.480 e. The molecule has 15 heavy (non-hydrogen) atoms. The average Bonchev–Trinajstić information content (AvgIpc) is 2.15. The molecule has 0 saturated heterocycles. The van der Waals surface area contributed by atoms with Crippen molar-refractivity contribution in [3.63, 3.8) is 0 Å². The quantitative estimate of drug-likeness (QED) is 0.897. The third-order valence-corrected chi connectivity index (χ3v) is 2.96. The monoisotopic (exact) mass is 291 g/mol. The molecule has 0 bridgehead atoms. The molecule has 1 aromatic carbocycles. The Balaban J connectivity index is 2.62. The Hall–Kier alpha value is -0.580. The summed E-state index contributed by atoms with van der Waals surface area (Å²) in [6.07, 6.45) is 0. The van der Waals surface area contributed by atoms with Crippen LogP contribution in [0.4, 0.5) is 0 Å². The molecule has 0 spiro atoms. The minimum atomic E-state index is -0.861. The predicted molar refractivity (Wildman–Crippen MR) is 63.1 cm³/mol. The van der Waals surface area contributed by atoms with E-state index in [0.717, 1.165) is 10.0 Å². The number of nitrogens with one attached hydrogen (secondary N) is 1. The first-order chi connectivity index (χ1) is 7.00. The smallest absolute Gasteiger partial charge is 0.320 e. The van der Waals surface area contributed by atoms with Crippen LogP contribution < -0.4 is 5.32 Å². The van der Waals surface area contributed by atoms with Crippen molar-refractivity contribution in [1.82, 2.24) is 5.32 Å². The van der Waals surface area contributed by atoms with Crippen molar-refractivity contribution in [2.24, 2.45) is 0 Å². The molecule has 2 N–H and O–H groups in total. The maximum absolute atomic E-state index is 10.6. The zero-order valence-corrected chi connectivity index (χ0v) is 10.5. The number of aliphatic carboxylic acids is 1. The van der Waals surface area contributed by atoms with Crippen LogP contribution in [0.1, 0.15) is 12.5 Å². The highest BCUT2D eigenvalue weighted by atomic mass is 79.9. The molecule has 0 radical (unpaired) electrons. The second-order valence-electron chi connectivity index (χ2n) is 3.18. The molecule has 0 amide bonds. The maximum Gasteiger partial charge on any atom is 0.320 e. The first-order valence-electron chi connectivity index (χ1n) is 4.41. The van der Waals surface area contributed by atoms with Crippen LogP contribution in [-0.4, -0.2) is 17.1 Å². The number of carboxylic acids is 1. The fraction of sp³-hybridized carbons (Fsp3) is 0.300. The van der Waals surface area contributed by atoms with Gasteiger partial charge >= 0.3 is 5.97 Å². The van der Waals surface area contributed by atoms with E-state index in [0.29, 0.717) is 11.6 Å². The van der Waals surface area contributed by atoms with Gasteiger partial charge in [0.1, 0.15) is 6.04 Å². The molecule has 3 nitrogen and oxygen atoms in total. The number of rotatable bonds is 4. The van der Waals surface area contributed by atoms with Crippen molar-refractivity contribution >= 4 is 33.5 Å². The van der Waals surface area contributed by atoms with Gasteiger partial charge in [-0.15, -0.1) is 0 Å². The Labute approximate surface area is 102 Å². The van der Waals surface area contributed by atoms with Crippen LogP contribution in [0.25, 0.3) is 0 Å². The van der Waals surface area contributed by atoms with E-state index < -0.39 is 12.0 Å². The molecule has 1 aromatic rings. The molecule has 0 aliphatic rings. The topological polar surface area (TPSA) is 49.3 Å². The molecule has 82 valence electrons. The molecule has 0 aliphatic heterocycles. The number of hydrogen-bond acceptors (Lipinski definition) is 2. The van der Waals surface area contributed by atoms with E-state index in [4.69, 9.17) is 16.7 Å². The van der Waals surface area contributed by atoms with E-state index in [1.807, 2.05) is 6.07 Å². The molecule has 0 saturated carbocycles. The zero-order valence-electron chi connectivity index (χ0n) is 8.13. The number of carboxylic acid groups (broad SMARTS) is 1. The average molecular weight is 293 g/mol. The summed E-state index contributed by atoms with van der Waals surface area (Å²) in [6.45, 7) is 2.09. The number of carbonyl (C=O) groups is 1. The van der Waals surface area contributed by atoms with Crippen molar-refractivity contribution in [1.29, 1.82) is 0 Å². The van der Waals surface area contributed by atoms with Crippen LogP contribution >= 0.6 is 27.5 Å². The largest absolute Gasteiger partial charge is 0.480 e. The van der Waals surface area contributed by atoms with E-state index in [2.05, 4.69) is 21.2 Å². The predicted octanol–water partition coefficient (Wildman–Crippen LogP) is 2.67. The van der Waals surface area contributed by atoms with Crippen LogP contribution in [0, 0.1) is 0 Å². The van der Waals surface area contributed by atoms with Gasteiger partial charge in [-0.05, 0) is 24.6 Å². The Kier molecular flexibility index (Phi) is 4.57. The van der Waals surface area contributed by atoms with E-state index in [1.165, 1.54) is 0 Å². The van der Waals surface area contributed by atoms with Crippen LogP contribution in [0.15, 0.2) is 22.7 Å². The maximum atomic E-state index is 10.6. The van der Waals surface area contributed by atoms with Crippen molar-refractivity contribution in [3.05, 3.63) is 33.3 Å². The molecule has 1 rings (SSSR count). The van der Waals surface area contributed by atoms with E-state index in [-0.39, 0.29) is 0 Å². The lowest BCUT2D eigenvalue weighted by molar-refractivity contribution is -0.139. The standard InChI is InChI=1S/C10H11BrClNO2/c1-6(10(14)15)13-5-7-2-3-8(12)4-9(7)11/h2-4,6,13H,5H2,1H3,(H,14,15). The molecule has 1 atom stereocenters. The van der Waals surface area contributed by atoms with Crippen molar-refractivity contribution in [2.75, 3.05) is 0 Å². The van der Waals surface area contributed by atoms with Gasteiger partial charge in [-0.1, -0.05) is 33.6 Å². The van der Waals surface area contributed by atoms with E-state index in [9.17, 15) is 4.79 Å². The van der Waals surface area contributed by atoms with Gasteiger partial charge in [-0.25, -0.2) is 0 Å². The molecule has 0 heterocycles. The van der Waals surface area contributed by atoms with Gasteiger partial charge in [0, 0.05) is 16.0 Å². The summed E-state index contributed by atoms with van der Waals surface area (Å²) in [4.78, 5) is 10.6. The summed E-state index contributed by atoms with van der Waals surface area (Å²) < 4.78 is 0.875. The van der Waals surface area contributed by atoms with Crippen LogP contribution in [-0.2, 0) is 11.3 Å². The Morgan fingerprint density at radius 2 is 2.33 bits per heavy atom. The van der Waals surface area contributed by atoms with Crippen LogP contribution in [0.3, 0.4) is 0 Å². The second kappa shape index (κ2) is 5.49. The summed E-state index contributed by atoms with van der Waals surface area (Å²) in [5.74, 6) is -0.861. The molecule has 0 aliphatic carbocycles. The SMILES string of the molecule is CC(NCc1ccc(Cl)cc1Br)C(=O)O. The Bertz CT molecular complexity index is 370. The van der Waals surface area contributed by atoms with Gasteiger partial charge < -0.3 is 10.4 Å². The lowest BCUT2D eigenvalue weighted by Crippen LogP contribution is -2.33. The second-order valence-corrected chi connectivity index (χ2v) is 4.47. The number of halogens is 2. The summed E-state index contributed by atoms with van der Waals surface area (Å²) in [6, 6.07) is 4.85. The Morgan fingerprint density at radius 1 is 1.67 bits per heavy atom. The fourth-order valence-electron chi connectivity index (χ4n) is 1.02. The highest BCUT2D eigenvalue weighted by Crippen LogP contribution is 2.21. The molecular formula is C10H11BrClNO2. The Morgan fingerprint density at radius 3 is 2.87 bits per heavy atom. The normalized spacial score (nSPS) is 12.5. The summed E-state index contributed by atoms with van der Waals surface area (Å²) in [5.41, 5.74) is 0.979. The van der Waals surface area contributed by atoms with Crippen LogP contribution in [0.2, 0.25) is 5.02 Å². The van der Waals surface area contributed by atoms with Crippen molar-refractivity contribution in [3.8, 4) is 0 Å². The summed E-state index contributed by atoms with van der Waals surface area (Å²) in [7, 11) is 0. The van der Waals surface area contributed by atoms with E-state index in [1.54, 1.807) is 19.1 Å². The van der Waals surface area contributed by atoms with Gasteiger partial charge in [0.25, 0.3) is 0 Å². The third-order valence-electron chi connectivity index (χ3n) is 1.98. The third kappa shape index (κ3) is 3.81. The number of benzene rings is 1. The first kappa shape index (κ1) is 12.5. The first-order valence-corrected chi connectivity index (χ1v) is 5.58. The lowest BCUT2D eigenvalue weighted by atomic mass is 10.2. The highest BCUT2D eigenvalue weighted by molar-refractivity contribution is 9.10. The molecule has 0 aromatic heterocycles. The zero-order chi connectivity index (χ0) is 11.4. The highest BCUT2D eigenvalue weighted by Gasteiger charge is 2.10. The number of hydrogen-bond donors (Lipinski definition) is 2. The summed E-state index contributed by atoms with van der Waals surface area (Å²) >= 11 is 9.15. The van der Waals surface area contributed by atoms with Gasteiger partial charge in [-0.2, -0.15) is 0 Å². The molecule has 5 heteroatoms. The van der Waals surface area contributed by atoms with Crippen molar-refractivity contribution in [2.45, 2.75) is 19.5 Å². The van der Waals surface area contributed by atoms with Gasteiger partial charge in [0.15, 0.2) is 0 Å². The van der Waals surface area contributed by atoms with Gasteiger partial charge in [-0.3, -0.25) is 4.79 Å². The fourth-order valence-corrected chi connectivity index (χ4v) is 1.84.